The quantitative estimate of drug-likeness (QED) is 0.207. The second-order valence-corrected chi connectivity index (χ2v) is 27.5. The van der Waals surface area contributed by atoms with Gasteiger partial charge < -0.3 is 55.6 Å². The molecule has 516 valence electrons. The van der Waals surface area contributed by atoms with Crippen molar-refractivity contribution in [3.63, 3.8) is 0 Å². The Bertz CT molecular complexity index is 3000. The van der Waals surface area contributed by atoms with E-state index >= 15 is 14.4 Å². The van der Waals surface area contributed by atoms with Crippen molar-refractivity contribution in [1.82, 2.24) is 55.6 Å². The van der Waals surface area contributed by atoms with Crippen molar-refractivity contribution >= 4 is 76.6 Å². The first kappa shape index (κ1) is 76.4. The molecule has 2 aliphatic heterocycles. The lowest BCUT2D eigenvalue weighted by molar-refractivity contribution is -0.157. The summed E-state index contributed by atoms with van der Waals surface area (Å²) in [6, 6.07) is 1.67. The predicted octanol–water partition coefficient (Wildman–Crippen LogP) is 5.46. The largest absolute Gasteiger partial charge is 0.416 e. The number of hydrogen-bond acceptors (Lipinski definition) is 11. The van der Waals surface area contributed by atoms with Crippen molar-refractivity contribution in [2.75, 3.05) is 61.9 Å². The van der Waals surface area contributed by atoms with Gasteiger partial charge in [-0.15, -0.1) is 0 Å². The number of amides is 11. The fourth-order valence-corrected chi connectivity index (χ4v) is 12.6. The molecule has 3 fully saturated rings. The van der Waals surface area contributed by atoms with Crippen LogP contribution in [-0.2, 0) is 71.8 Å². The summed E-state index contributed by atoms with van der Waals surface area (Å²) in [5.74, 6) is -8.36. The topological polar surface area (TPSA) is 259 Å². The Morgan fingerprint density at radius 2 is 1.17 bits per heavy atom. The second kappa shape index (κ2) is 33.2. The maximum atomic E-state index is 15.2. The van der Waals surface area contributed by atoms with Crippen molar-refractivity contribution in [2.24, 2.45) is 23.7 Å². The standard InChI is InChI=1S/C67H99ClF3N11O11/c1-16-42(8)56-64(92)82-32-29-49(82)62(90)77(11)38-55(85)78(12)52(36-45-21-26-47(68)27-22-45)63(91)76(10)37-53(83)73-48(28-23-44-19-24-46(25-20-44)67(69,70)71)61(89)79(13)51(34-40(4)5)59(87)75-66(30-17-18-31-66)65(93)80(14)50(33-39(2)3)58(86)72-43(9)35-54(84)81(15)57(41(6)7)60(88)74-56/h19-22,24-27,39-43,48-52,56-57H,16-18,23,28-38H2,1-15H3,(H,72,86)(H,73,83)(H,74,88)(H,75,87)/t42-,43+,48-,49-,50-,51+,52-,56-,57-/m0/s1. The number of nitrogens with zero attached hydrogens (tertiary/aromatic N) is 7. The molecule has 1 saturated carbocycles. The van der Waals surface area contributed by atoms with Crippen LogP contribution in [0.25, 0.3) is 0 Å². The van der Waals surface area contributed by atoms with Gasteiger partial charge in [-0.1, -0.05) is 111 Å². The zero-order valence-corrected chi connectivity index (χ0v) is 57.5. The first-order chi connectivity index (χ1) is 43.4. The Morgan fingerprint density at radius 1 is 0.613 bits per heavy atom. The molecule has 1 aliphatic carbocycles. The molecule has 1 spiro atoms. The number of carbonyl (C=O) groups excluding carboxylic acids is 11. The highest BCUT2D eigenvalue weighted by Gasteiger charge is 2.49. The zero-order chi connectivity index (χ0) is 69.7. The van der Waals surface area contributed by atoms with Crippen molar-refractivity contribution in [3.05, 3.63) is 70.2 Å². The van der Waals surface area contributed by atoms with Gasteiger partial charge in [0.25, 0.3) is 0 Å². The normalized spacial score (nSPS) is 25.4. The minimum atomic E-state index is -4.63. The smallest absolute Gasteiger partial charge is 0.351 e. The minimum absolute atomic E-state index is 0.0306. The summed E-state index contributed by atoms with van der Waals surface area (Å²) < 4.78 is 40.9. The number of rotatable bonds is 12. The highest BCUT2D eigenvalue weighted by molar-refractivity contribution is 6.30. The molecule has 2 aromatic carbocycles. The predicted molar refractivity (Wildman–Crippen MR) is 345 cm³/mol. The lowest BCUT2D eigenvalue weighted by atomic mass is 9.91. The van der Waals surface area contributed by atoms with Gasteiger partial charge in [0.15, 0.2) is 0 Å². The van der Waals surface area contributed by atoms with E-state index < -0.39 is 156 Å². The van der Waals surface area contributed by atoms with Crippen LogP contribution in [0, 0.1) is 23.7 Å². The van der Waals surface area contributed by atoms with E-state index in [9.17, 15) is 51.5 Å². The fourth-order valence-electron chi connectivity index (χ4n) is 12.5. The van der Waals surface area contributed by atoms with Crippen molar-refractivity contribution in [3.8, 4) is 0 Å². The monoisotopic (exact) mass is 1330 g/mol. The summed E-state index contributed by atoms with van der Waals surface area (Å²) in [6.45, 7) is 15.1. The molecular formula is C67H99ClF3N11O11. The van der Waals surface area contributed by atoms with Gasteiger partial charge in [-0.2, -0.15) is 13.2 Å². The van der Waals surface area contributed by atoms with Crippen molar-refractivity contribution in [2.45, 2.75) is 199 Å². The molecule has 5 rings (SSSR count). The van der Waals surface area contributed by atoms with Crippen molar-refractivity contribution in [1.29, 1.82) is 0 Å². The highest BCUT2D eigenvalue weighted by atomic mass is 35.5. The molecule has 4 N–H and O–H groups in total. The van der Waals surface area contributed by atoms with E-state index in [1.807, 2.05) is 34.6 Å². The molecule has 2 aromatic rings. The summed E-state index contributed by atoms with van der Waals surface area (Å²) in [7, 11) is 8.40. The molecule has 0 unspecified atom stereocenters. The number of nitrogens with one attached hydrogen (secondary N) is 4. The molecule has 2 heterocycles. The molecule has 26 heteroatoms. The molecule has 0 bridgehead atoms. The van der Waals surface area contributed by atoms with Crippen LogP contribution in [0.5, 0.6) is 0 Å². The number of hydrogen-bond donors (Lipinski definition) is 4. The van der Waals surface area contributed by atoms with Crippen LogP contribution in [0.15, 0.2) is 48.5 Å². The Hall–Kier alpha value is -7.31. The summed E-state index contributed by atoms with van der Waals surface area (Å²) >= 11 is 6.23. The molecule has 3 aliphatic rings. The van der Waals surface area contributed by atoms with Crippen LogP contribution in [0.1, 0.15) is 143 Å². The molecule has 22 nitrogen and oxygen atoms in total. The lowest BCUT2D eigenvalue weighted by Crippen LogP contribution is -2.65. The second-order valence-electron chi connectivity index (χ2n) is 27.0. The summed E-state index contributed by atoms with van der Waals surface area (Å²) in [5.41, 5.74) is -1.47. The number of benzene rings is 2. The van der Waals surface area contributed by atoms with Crippen LogP contribution in [0.2, 0.25) is 5.02 Å². The van der Waals surface area contributed by atoms with Crippen LogP contribution in [-0.4, -0.2) is 215 Å². The molecule has 0 aromatic heterocycles. The molecule has 0 radical (unpaired) electrons. The number of likely N-dealkylation sites (N-methyl/N-ethyl adjacent to an activating group) is 6. The van der Waals surface area contributed by atoms with E-state index in [-0.39, 0.29) is 76.2 Å². The number of fused-ring (bicyclic) bond motifs is 1. The van der Waals surface area contributed by atoms with Gasteiger partial charge in [0.05, 0.1) is 18.7 Å². The maximum Gasteiger partial charge on any atom is 0.416 e. The van der Waals surface area contributed by atoms with Crippen molar-refractivity contribution < 1.29 is 65.9 Å². The van der Waals surface area contributed by atoms with Gasteiger partial charge in [-0.25, -0.2) is 0 Å². The van der Waals surface area contributed by atoms with Crippen LogP contribution < -0.4 is 21.3 Å². The Kier molecular flexibility index (Phi) is 27.3. The van der Waals surface area contributed by atoms with Crippen LogP contribution in [0.3, 0.4) is 0 Å². The van der Waals surface area contributed by atoms with Crippen LogP contribution >= 0.6 is 11.6 Å². The van der Waals surface area contributed by atoms with Gasteiger partial charge in [-0.3, -0.25) is 52.7 Å². The Morgan fingerprint density at radius 3 is 1.70 bits per heavy atom. The van der Waals surface area contributed by atoms with Gasteiger partial charge in [-0.05, 0) is 111 Å². The third-order valence-electron chi connectivity index (χ3n) is 18.4. The first-order valence-corrected chi connectivity index (χ1v) is 32.8. The number of aryl methyl sites for hydroxylation is 1. The number of halogens is 4. The van der Waals surface area contributed by atoms with Gasteiger partial charge in [0.2, 0.25) is 65.0 Å². The number of carbonyl (C=O) groups is 11. The Labute approximate surface area is 551 Å². The molecule has 9 atom stereocenters. The van der Waals surface area contributed by atoms with Crippen LogP contribution in [0.4, 0.5) is 13.2 Å². The van der Waals surface area contributed by atoms with E-state index in [1.165, 1.54) is 74.0 Å². The lowest BCUT2D eigenvalue weighted by Gasteiger charge is -2.44. The summed E-state index contributed by atoms with van der Waals surface area (Å²) in [6.07, 6.45) is -2.82. The van der Waals surface area contributed by atoms with Gasteiger partial charge in [0, 0.05) is 72.7 Å². The van der Waals surface area contributed by atoms with E-state index in [1.54, 1.807) is 52.0 Å². The van der Waals surface area contributed by atoms with Gasteiger partial charge >= 0.3 is 6.18 Å². The average Bonchev–Trinajstić information content (AvgIpc) is 1.82. The van der Waals surface area contributed by atoms with E-state index in [0.717, 1.165) is 26.8 Å². The maximum absolute atomic E-state index is 15.2. The number of alkyl halides is 3. The van der Waals surface area contributed by atoms with E-state index in [0.29, 0.717) is 35.4 Å². The first-order valence-electron chi connectivity index (χ1n) is 32.4. The third-order valence-corrected chi connectivity index (χ3v) is 18.7. The molecule has 11 amide bonds. The Balaban J connectivity index is 1.59. The zero-order valence-electron chi connectivity index (χ0n) is 56.8. The van der Waals surface area contributed by atoms with E-state index in [4.69, 9.17) is 11.6 Å². The summed E-state index contributed by atoms with van der Waals surface area (Å²) in [4.78, 5) is 169. The summed E-state index contributed by atoms with van der Waals surface area (Å²) in [5, 5.41) is 12.0. The third kappa shape index (κ3) is 19.9. The average molecular weight is 1330 g/mol. The fraction of sp³-hybridized carbons (Fsp3) is 0.657. The minimum Gasteiger partial charge on any atom is -0.351 e. The molecule has 93 heavy (non-hydrogen) atoms. The molecule has 2 saturated heterocycles. The highest BCUT2D eigenvalue weighted by Crippen LogP contribution is 2.34. The van der Waals surface area contributed by atoms with Gasteiger partial charge in [0.1, 0.15) is 47.8 Å². The van der Waals surface area contributed by atoms with E-state index in [2.05, 4.69) is 21.3 Å². The SMILES string of the molecule is CC[C@H](C)[C@@H]1NC(=O)[C@H](C(C)C)N(C)C(=O)C[C@@H](C)NC(=O)[C@H](CC(C)C)N(C)C(=O)C2(CCCC2)NC(=O)[C@@H](CC(C)C)N(C)C(=O)[C@H](CCc2ccc(C(F)(F)F)cc2)NC(=O)CN(C)C(=O)[C@H](Cc2ccc(Cl)cc2)N(C)C(=O)CN(C)C(=O)[C@@H]2CCN2C1=O. The molecular weight excluding hydrogens is 1230 g/mol.